The standard InChI is InChI=1S/C23H25ClN2O4/c1-14-13-16(7-10-18(14)30-4)21(27)19-20(15-5-8-17(24)9-6-15)26(12-11-25(2)3)23(29)22(19)28/h5-10,13,20,27H,11-12H2,1-4H3/b21-19+/t20-/m0/s1. The summed E-state index contributed by atoms with van der Waals surface area (Å²) < 4.78 is 5.27. The molecule has 158 valence electrons. The van der Waals surface area contributed by atoms with Crippen LogP contribution in [0.15, 0.2) is 48.0 Å². The van der Waals surface area contributed by atoms with E-state index >= 15 is 0 Å². The van der Waals surface area contributed by atoms with Crippen LogP contribution in [0.1, 0.15) is 22.7 Å². The van der Waals surface area contributed by atoms with Crippen molar-refractivity contribution in [1.29, 1.82) is 0 Å². The van der Waals surface area contributed by atoms with Gasteiger partial charge in [0.1, 0.15) is 11.5 Å². The molecule has 2 aromatic carbocycles. The minimum Gasteiger partial charge on any atom is -0.507 e. The maximum absolute atomic E-state index is 13.0. The highest BCUT2D eigenvalue weighted by Crippen LogP contribution is 2.40. The van der Waals surface area contributed by atoms with Crippen molar-refractivity contribution in [3.8, 4) is 5.75 Å². The fourth-order valence-corrected chi connectivity index (χ4v) is 3.72. The molecule has 30 heavy (non-hydrogen) atoms. The van der Waals surface area contributed by atoms with Crippen molar-refractivity contribution in [3.63, 3.8) is 0 Å². The lowest BCUT2D eigenvalue weighted by molar-refractivity contribution is -0.140. The number of hydrogen-bond acceptors (Lipinski definition) is 5. The number of amides is 1. The van der Waals surface area contributed by atoms with Crippen molar-refractivity contribution in [2.45, 2.75) is 13.0 Å². The average Bonchev–Trinajstić information content (AvgIpc) is 2.96. The number of aliphatic hydroxyl groups is 1. The van der Waals surface area contributed by atoms with E-state index in [2.05, 4.69) is 0 Å². The van der Waals surface area contributed by atoms with E-state index in [4.69, 9.17) is 16.3 Å². The van der Waals surface area contributed by atoms with Gasteiger partial charge in [0.25, 0.3) is 11.7 Å². The molecule has 0 spiro atoms. The summed E-state index contributed by atoms with van der Waals surface area (Å²) in [5.41, 5.74) is 2.05. The van der Waals surface area contributed by atoms with Crippen molar-refractivity contribution in [1.82, 2.24) is 9.80 Å². The third kappa shape index (κ3) is 4.20. The number of nitrogens with zero attached hydrogens (tertiary/aromatic N) is 2. The predicted octanol–water partition coefficient (Wildman–Crippen LogP) is 3.64. The van der Waals surface area contributed by atoms with Gasteiger partial charge >= 0.3 is 0 Å². The van der Waals surface area contributed by atoms with Gasteiger partial charge in [-0.3, -0.25) is 9.59 Å². The minimum atomic E-state index is -0.695. The van der Waals surface area contributed by atoms with Crippen molar-refractivity contribution in [2.24, 2.45) is 0 Å². The molecular formula is C23H25ClN2O4. The van der Waals surface area contributed by atoms with E-state index in [-0.39, 0.29) is 11.3 Å². The first-order valence-electron chi connectivity index (χ1n) is 9.58. The van der Waals surface area contributed by atoms with Crippen LogP contribution in [0.2, 0.25) is 5.02 Å². The molecule has 1 saturated heterocycles. The smallest absolute Gasteiger partial charge is 0.295 e. The van der Waals surface area contributed by atoms with Gasteiger partial charge in [0.15, 0.2) is 0 Å². The van der Waals surface area contributed by atoms with Crippen LogP contribution >= 0.6 is 11.6 Å². The Morgan fingerprint density at radius 3 is 2.40 bits per heavy atom. The highest BCUT2D eigenvalue weighted by Gasteiger charge is 2.45. The molecule has 7 heteroatoms. The maximum Gasteiger partial charge on any atom is 0.295 e. The van der Waals surface area contributed by atoms with Gasteiger partial charge in [-0.2, -0.15) is 0 Å². The normalized spacial score (nSPS) is 18.3. The van der Waals surface area contributed by atoms with Crippen molar-refractivity contribution in [3.05, 3.63) is 69.8 Å². The third-order valence-corrected chi connectivity index (χ3v) is 5.43. The molecule has 1 N–H and O–H groups in total. The summed E-state index contributed by atoms with van der Waals surface area (Å²) in [5.74, 6) is -0.845. The van der Waals surface area contributed by atoms with E-state index in [0.717, 1.165) is 5.56 Å². The molecule has 1 aliphatic heterocycles. The summed E-state index contributed by atoms with van der Waals surface area (Å²) in [7, 11) is 5.36. The van der Waals surface area contributed by atoms with E-state index in [1.807, 2.05) is 25.9 Å². The van der Waals surface area contributed by atoms with Crippen LogP contribution in [0.3, 0.4) is 0 Å². The number of carbonyl (C=O) groups is 2. The molecule has 1 heterocycles. The summed E-state index contributed by atoms with van der Waals surface area (Å²) in [6.07, 6.45) is 0. The molecule has 1 fully saturated rings. The summed E-state index contributed by atoms with van der Waals surface area (Å²) >= 11 is 6.03. The van der Waals surface area contributed by atoms with Gasteiger partial charge in [-0.25, -0.2) is 0 Å². The van der Waals surface area contributed by atoms with E-state index in [9.17, 15) is 14.7 Å². The first-order valence-corrected chi connectivity index (χ1v) is 9.96. The Hall–Kier alpha value is -2.83. The second-order valence-corrected chi connectivity index (χ2v) is 7.97. The number of hydrogen-bond donors (Lipinski definition) is 1. The zero-order valence-electron chi connectivity index (χ0n) is 17.5. The van der Waals surface area contributed by atoms with Gasteiger partial charge in [-0.15, -0.1) is 0 Å². The minimum absolute atomic E-state index is 0.0747. The van der Waals surface area contributed by atoms with E-state index in [0.29, 0.717) is 35.0 Å². The lowest BCUT2D eigenvalue weighted by atomic mass is 9.95. The first kappa shape index (κ1) is 21.9. The van der Waals surface area contributed by atoms with E-state index < -0.39 is 17.7 Å². The molecule has 3 rings (SSSR count). The second kappa shape index (κ2) is 8.90. The molecule has 0 aliphatic carbocycles. The van der Waals surface area contributed by atoms with E-state index in [1.54, 1.807) is 49.6 Å². The van der Waals surface area contributed by atoms with Gasteiger partial charge in [-0.05, 0) is 62.5 Å². The number of rotatable bonds is 6. The summed E-state index contributed by atoms with van der Waals surface area (Å²) in [5, 5.41) is 11.6. The van der Waals surface area contributed by atoms with Crippen LogP contribution in [-0.4, -0.2) is 60.9 Å². The lowest BCUT2D eigenvalue weighted by Gasteiger charge is -2.26. The Labute approximate surface area is 181 Å². The van der Waals surface area contributed by atoms with Gasteiger partial charge < -0.3 is 19.6 Å². The molecule has 0 aromatic heterocycles. The van der Waals surface area contributed by atoms with Crippen molar-refractivity contribution in [2.75, 3.05) is 34.3 Å². The number of ketones is 1. The number of aliphatic hydroxyl groups excluding tert-OH is 1. The monoisotopic (exact) mass is 428 g/mol. The molecule has 0 unspecified atom stereocenters. The highest BCUT2D eigenvalue weighted by molar-refractivity contribution is 6.46. The number of likely N-dealkylation sites (tertiary alicyclic amines) is 1. The van der Waals surface area contributed by atoms with Crippen LogP contribution in [-0.2, 0) is 9.59 Å². The molecule has 0 bridgehead atoms. The summed E-state index contributed by atoms with van der Waals surface area (Å²) in [6, 6.07) is 11.4. The average molecular weight is 429 g/mol. The Morgan fingerprint density at radius 2 is 1.83 bits per heavy atom. The Bertz CT molecular complexity index is 999. The topological polar surface area (TPSA) is 70.1 Å². The van der Waals surface area contributed by atoms with E-state index in [1.165, 1.54) is 4.90 Å². The zero-order valence-corrected chi connectivity index (χ0v) is 18.2. The molecule has 6 nitrogen and oxygen atoms in total. The fraction of sp³-hybridized carbons (Fsp3) is 0.304. The largest absolute Gasteiger partial charge is 0.507 e. The lowest BCUT2D eigenvalue weighted by Crippen LogP contribution is -2.35. The molecular weight excluding hydrogens is 404 g/mol. The molecule has 1 aliphatic rings. The SMILES string of the molecule is COc1ccc(/C(O)=C2\C(=O)C(=O)N(CCN(C)C)[C@H]2c2ccc(Cl)cc2)cc1C. The van der Waals surface area contributed by atoms with Crippen LogP contribution in [0.5, 0.6) is 5.75 Å². The number of halogens is 1. The number of carbonyl (C=O) groups excluding carboxylic acids is 2. The van der Waals surface area contributed by atoms with Gasteiger partial charge in [0.2, 0.25) is 0 Å². The van der Waals surface area contributed by atoms with Gasteiger partial charge in [0.05, 0.1) is 18.7 Å². The molecule has 2 aromatic rings. The number of methoxy groups -OCH3 is 1. The predicted molar refractivity (Wildman–Crippen MR) is 117 cm³/mol. The zero-order chi connectivity index (χ0) is 22.0. The van der Waals surface area contributed by atoms with Crippen molar-refractivity contribution >= 4 is 29.1 Å². The number of Topliss-reactive ketones (excluding diaryl/α,β-unsaturated/α-hetero) is 1. The third-order valence-electron chi connectivity index (χ3n) is 5.18. The van der Waals surface area contributed by atoms with Crippen molar-refractivity contribution < 1.29 is 19.4 Å². The number of benzene rings is 2. The highest BCUT2D eigenvalue weighted by atomic mass is 35.5. The van der Waals surface area contributed by atoms with Crippen LogP contribution in [0.4, 0.5) is 0 Å². The second-order valence-electron chi connectivity index (χ2n) is 7.53. The van der Waals surface area contributed by atoms with Crippen LogP contribution < -0.4 is 4.74 Å². The molecule has 0 saturated carbocycles. The van der Waals surface area contributed by atoms with Gasteiger partial charge in [-0.1, -0.05) is 23.7 Å². The summed E-state index contributed by atoms with van der Waals surface area (Å²) in [4.78, 5) is 29.3. The number of aryl methyl sites for hydroxylation is 1. The molecule has 1 atom stereocenters. The quantitative estimate of drug-likeness (QED) is 0.432. The maximum atomic E-state index is 13.0. The molecule has 1 amide bonds. The van der Waals surface area contributed by atoms with Gasteiger partial charge in [0, 0.05) is 23.7 Å². The Morgan fingerprint density at radius 1 is 1.17 bits per heavy atom. The Balaban J connectivity index is 2.14. The fourth-order valence-electron chi connectivity index (χ4n) is 3.59. The first-order chi connectivity index (χ1) is 14.2. The Kier molecular flexibility index (Phi) is 6.48. The van der Waals surface area contributed by atoms with Crippen LogP contribution in [0, 0.1) is 6.92 Å². The molecule has 0 radical (unpaired) electrons. The number of ether oxygens (including phenoxy) is 1. The van der Waals surface area contributed by atoms with Crippen LogP contribution in [0.25, 0.3) is 5.76 Å². The number of likely N-dealkylation sites (N-methyl/N-ethyl adjacent to an activating group) is 1. The summed E-state index contributed by atoms with van der Waals surface area (Å²) in [6.45, 7) is 2.78.